The van der Waals surface area contributed by atoms with E-state index >= 15 is 0 Å². The molecule has 22 heavy (non-hydrogen) atoms. The second-order valence-corrected chi connectivity index (χ2v) is 7.51. The van der Waals surface area contributed by atoms with Crippen LogP contribution < -0.4 is 4.74 Å². The average Bonchev–Trinajstić information content (AvgIpc) is 2.97. The van der Waals surface area contributed by atoms with E-state index in [1.165, 1.54) is 5.56 Å². The lowest BCUT2D eigenvalue weighted by molar-refractivity contribution is -0.168. The molecule has 3 heterocycles. The lowest BCUT2D eigenvalue weighted by Crippen LogP contribution is -2.73. The minimum atomic E-state index is -0.486. The third-order valence-corrected chi connectivity index (χ3v) is 6.99. The van der Waals surface area contributed by atoms with Gasteiger partial charge in [0.15, 0.2) is 11.5 Å². The van der Waals surface area contributed by atoms with E-state index in [4.69, 9.17) is 9.47 Å². The quantitative estimate of drug-likeness (QED) is 0.745. The van der Waals surface area contributed by atoms with Gasteiger partial charge in [-0.05, 0) is 37.3 Å². The molecule has 2 spiro atoms. The molecule has 5 heteroatoms. The van der Waals surface area contributed by atoms with Crippen LogP contribution in [0.3, 0.4) is 0 Å². The monoisotopic (exact) mass is 301 g/mol. The van der Waals surface area contributed by atoms with E-state index in [1.807, 2.05) is 6.07 Å². The number of ether oxygens (including phenoxy) is 2. The summed E-state index contributed by atoms with van der Waals surface area (Å²) in [5, 5.41) is 20.9. The third kappa shape index (κ3) is 0.996. The molecule has 2 N–H and O–H groups in total. The zero-order valence-corrected chi connectivity index (χ0v) is 12.3. The molecule has 0 amide bonds. The molecule has 2 unspecified atom stereocenters. The topological polar surface area (TPSA) is 62.2 Å². The summed E-state index contributed by atoms with van der Waals surface area (Å²) in [6, 6.07) is 4.15. The van der Waals surface area contributed by atoms with Crippen LogP contribution in [0.15, 0.2) is 12.1 Å². The Morgan fingerprint density at radius 3 is 3.09 bits per heavy atom. The van der Waals surface area contributed by atoms with Crippen LogP contribution in [0.25, 0.3) is 0 Å². The van der Waals surface area contributed by atoms with Gasteiger partial charge in [0.25, 0.3) is 0 Å². The van der Waals surface area contributed by atoms with E-state index < -0.39 is 6.10 Å². The largest absolute Gasteiger partial charge is 0.504 e. The van der Waals surface area contributed by atoms with Gasteiger partial charge in [0.05, 0.1) is 17.1 Å². The van der Waals surface area contributed by atoms with Crippen molar-refractivity contribution in [2.75, 3.05) is 13.3 Å². The van der Waals surface area contributed by atoms with Crippen molar-refractivity contribution in [1.82, 2.24) is 4.90 Å². The smallest absolute Gasteiger partial charge is 0.165 e. The Morgan fingerprint density at radius 1 is 1.27 bits per heavy atom. The first-order valence-electron chi connectivity index (χ1n) is 8.25. The molecule has 116 valence electrons. The minimum absolute atomic E-state index is 0.198. The maximum absolute atomic E-state index is 10.6. The Bertz CT molecular complexity index is 706. The average molecular weight is 301 g/mol. The summed E-state index contributed by atoms with van der Waals surface area (Å²) in [5.41, 5.74) is 1.86. The first-order valence-corrected chi connectivity index (χ1v) is 8.25. The predicted molar refractivity (Wildman–Crippen MR) is 76.9 cm³/mol. The molecular weight excluding hydrogens is 282 g/mol. The molecule has 1 saturated carbocycles. The number of hydrogen-bond donors (Lipinski definition) is 2. The summed E-state index contributed by atoms with van der Waals surface area (Å²) in [4.78, 5) is 2.45. The molecule has 3 aliphatic heterocycles. The van der Waals surface area contributed by atoms with Gasteiger partial charge in [0.1, 0.15) is 12.8 Å². The maximum Gasteiger partial charge on any atom is 0.165 e. The summed E-state index contributed by atoms with van der Waals surface area (Å²) in [5.74, 6) is 0.800. The summed E-state index contributed by atoms with van der Waals surface area (Å²) in [6.07, 6.45) is 2.71. The Balaban J connectivity index is 1.73. The Hall–Kier alpha value is -1.30. The molecule has 5 aliphatic rings. The normalized spacial score (nSPS) is 49.7. The second-order valence-electron chi connectivity index (χ2n) is 7.51. The zero-order chi connectivity index (χ0) is 14.7. The Morgan fingerprint density at radius 2 is 2.18 bits per heavy atom. The number of rotatable bonds is 0. The van der Waals surface area contributed by atoms with Gasteiger partial charge < -0.3 is 19.7 Å². The van der Waals surface area contributed by atoms with E-state index in [1.54, 1.807) is 6.07 Å². The molecule has 5 nitrogen and oxygen atoms in total. The van der Waals surface area contributed by atoms with E-state index in [-0.39, 0.29) is 22.9 Å². The summed E-state index contributed by atoms with van der Waals surface area (Å²) in [6.45, 7) is 1.66. The summed E-state index contributed by atoms with van der Waals surface area (Å²) in [7, 11) is 0. The van der Waals surface area contributed by atoms with Gasteiger partial charge in [0.2, 0.25) is 0 Å². The van der Waals surface area contributed by atoms with Crippen molar-refractivity contribution in [3.63, 3.8) is 0 Å². The van der Waals surface area contributed by atoms with E-state index in [2.05, 4.69) is 4.90 Å². The van der Waals surface area contributed by atoms with Gasteiger partial charge >= 0.3 is 0 Å². The van der Waals surface area contributed by atoms with Crippen molar-refractivity contribution in [2.45, 2.75) is 54.9 Å². The van der Waals surface area contributed by atoms with Gasteiger partial charge in [-0.3, -0.25) is 4.90 Å². The molecule has 2 saturated heterocycles. The lowest BCUT2D eigenvalue weighted by Gasteiger charge is -2.60. The molecule has 1 aromatic carbocycles. The molecule has 6 atom stereocenters. The first-order chi connectivity index (χ1) is 10.7. The SMILES string of the molecule is Oc1ccc2c3c1O[C@H]1C(O)CC[C@]45OCN(CC[C@]314)[C@@H]5C2. The number of nitrogens with zero attached hydrogens (tertiary/aromatic N) is 1. The maximum atomic E-state index is 10.6. The fraction of sp³-hybridized carbons (Fsp3) is 0.647. The number of benzene rings is 1. The Labute approximate surface area is 128 Å². The standard InChI is InChI=1S/C17H19NO4/c19-10-2-1-9-7-12-17-4-3-11(20)15-16(17,13(9)14(10)22-15)5-6-18(12)8-21-17/h1-2,11-12,15,19-20H,3-8H2/t11?,12-,15+,16+,17-/m1/s1. The van der Waals surface area contributed by atoms with Crippen LogP contribution in [-0.2, 0) is 16.6 Å². The first kappa shape index (κ1) is 12.2. The molecule has 3 fully saturated rings. The fourth-order valence-electron chi connectivity index (χ4n) is 6.22. The highest BCUT2D eigenvalue weighted by molar-refractivity contribution is 5.62. The summed E-state index contributed by atoms with van der Waals surface area (Å²) >= 11 is 0. The number of piperidine rings is 1. The summed E-state index contributed by atoms with van der Waals surface area (Å²) < 4.78 is 12.6. The van der Waals surface area contributed by atoms with Crippen LogP contribution in [0.4, 0.5) is 0 Å². The van der Waals surface area contributed by atoms with Gasteiger partial charge in [-0.25, -0.2) is 0 Å². The van der Waals surface area contributed by atoms with Crippen LogP contribution in [0.5, 0.6) is 11.5 Å². The number of aliphatic hydroxyl groups excluding tert-OH is 1. The molecular formula is C17H19NO4. The van der Waals surface area contributed by atoms with Gasteiger partial charge in [-0.1, -0.05) is 6.07 Å². The van der Waals surface area contributed by atoms with Crippen LogP contribution in [0.1, 0.15) is 30.4 Å². The van der Waals surface area contributed by atoms with Crippen LogP contribution in [0.2, 0.25) is 0 Å². The fourth-order valence-corrected chi connectivity index (χ4v) is 6.22. The third-order valence-electron chi connectivity index (χ3n) is 6.99. The Kier molecular flexibility index (Phi) is 1.91. The van der Waals surface area contributed by atoms with Crippen molar-refractivity contribution < 1.29 is 19.7 Å². The number of aliphatic hydroxyl groups is 1. The number of phenolic OH excluding ortho intramolecular Hbond substituents is 1. The van der Waals surface area contributed by atoms with E-state index in [0.717, 1.165) is 31.4 Å². The zero-order valence-electron chi connectivity index (χ0n) is 12.3. The lowest BCUT2D eigenvalue weighted by atomic mass is 9.49. The van der Waals surface area contributed by atoms with Crippen molar-refractivity contribution in [3.8, 4) is 11.5 Å². The van der Waals surface area contributed by atoms with Crippen molar-refractivity contribution >= 4 is 0 Å². The molecule has 6 rings (SSSR count). The van der Waals surface area contributed by atoms with Crippen molar-refractivity contribution in [3.05, 3.63) is 23.3 Å². The number of aromatic hydroxyl groups is 1. The molecule has 0 radical (unpaired) electrons. The second kappa shape index (κ2) is 3.45. The van der Waals surface area contributed by atoms with E-state index in [9.17, 15) is 10.2 Å². The van der Waals surface area contributed by atoms with Gasteiger partial charge in [-0.15, -0.1) is 0 Å². The molecule has 4 bridgehead atoms. The van der Waals surface area contributed by atoms with Gasteiger partial charge in [-0.2, -0.15) is 0 Å². The van der Waals surface area contributed by atoms with Crippen LogP contribution >= 0.6 is 0 Å². The van der Waals surface area contributed by atoms with Crippen molar-refractivity contribution in [2.24, 2.45) is 0 Å². The van der Waals surface area contributed by atoms with Gasteiger partial charge in [0, 0.05) is 18.2 Å². The highest BCUT2D eigenvalue weighted by atomic mass is 16.5. The number of hydrogen-bond acceptors (Lipinski definition) is 5. The van der Waals surface area contributed by atoms with Crippen molar-refractivity contribution in [1.29, 1.82) is 0 Å². The molecule has 1 aromatic rings. The molecule has 0 aromatic heterocycles. The number of phenols is 1. The highest BCUT2D eigenvalue weighted by Crippen LogP contribution is 2.67. The van der Waals surface area contributed by atoms with Crippen LogP contribution in [0, 0.1) is 0 Å². The van der Waals surface area contributed by atoms with Crippen LogP contribution in [-0.4, -0.2) is 52.2 Å². The minimum Gasteiger partial charge on any atom is -0.504 e. The predicted octanol–water partition coefficient (Wildman–Crippen LogP) is 0.903. The highest BCUT2D eigenvalue weighted by Gasteiger charge is 2.75. The van der Waals surface area contributed by atoms with E-state index in [0.29, 0.717) is 24.9 Å². The molecule has 2 aliphatic carbocycles.